The Morgan fingerprint density at radius 3 is 2.67 bits per heavy atom. The molecule has 1 amide bonds. The van der Waals surface area contributed by atoms with Gasteiger partial charge in [-0.2, -0.15) is 0 Å². The molecule has 0 radical (unpaired) electrons. The molecule has 2 heterocycles. The van der Waals surface area contributed by atoms with Crippen LogP contribution in [0.15, 0.2) is 0 Å². The Morgan fingerprint density at radius 1 is 1.17 bits per heavy atom. The maximum atomic E-state index is 12.0. The van der Waals surface area contributed by atoms with Gasteiger partial charge in [0.2, 0.25) is 5.91 Å². The summed E-state index contributed by atoms with van der Waals surface area (Å²) in [5.74, 6) is 0.909. The molecular formula is C14H24N2O2. The maximum absolute atomic E-state index is 12.0. The smallest absolute Gasteiger partial charge is 0.223 e. The number of Topliss-reactive ketones (excluding diaryl/α,β-unsaturated/α-hetero) is 1. The minimum atomic E-state index is 0.107. The Hall–Kier alpha value is -0.900. The second kappa shape index (κ2) is 5.83. The molecule has 0 N–H and O–H groups in total. The van der Waals surface area contributed by atoms with Crippen LogP contribution in [0, 0.1) is 5.92 Å². The number of piperidine rings is 2. The highest BCUT2D eigenvalue weighted by Gasteiger charge is 2.35. The van der Waals surface area contributed by atoms with Gasteiger partial charge in [0.15, 0.2) is 0 Å². The number of hydrogen-bond donors (Lipinski definition) is 0. The lowest BCUT2D eigenvalue weighted by Crippen LogP contribution is -2.53. The first kappa shape index (κ1) is 13.5. The summed E-state index contributed by atoms with van der Waals surface area (Å²) in [6, 6.07) is 0.663. The number of rotatable bonds is 3. The fraction of sp³-hybridized carbons (Fsp3) is 0.857. The van der Waals surface area contributed by atoms with Gasteiger partial charge in [-0.1, -0.05) is 0 Å². The van der Waals surface area contributed by atoms with Crippen molar-refractivity contribution in [2.45, 2.75) is 45.1 Å². The average Bonchev–Trinajstić information content (AvgIpc) is 2.35. The van der Waals surface area contributed by atoms with Gasteiger partial charge in [-0.15, -0.1) is 0 Å². The third-order valence-electron chi connectivity index (χ3n) is 4.39. The highest BCUT2D eigenvalue weighted by molar-refractivity contribution is 5.83. The van der Waals surface area contributed by atoms with Crippen molar-refractivity contribution in [3.63, 3.8) is 0 Å². The van der Waals surface area contributed by atoms with Gasteiger partial charge >= 0.3 is 0 Å². The SMILES string of the molecule is CC(=O)CCC(=O)N1CCC2C(CCCN2C)C1. The van der Waals surface area contributed by atoms with E-state index in [0.29, 0.717) is 24.8 Å². The van der Waals surface area contributed by atoms with Crippen LogP contribution >= 0.6 is 0 Å². The average molecular weight is 252 g/mol. The van der Waals surface area contributed by atoms with E-state index >= 15 is 0 Å². The standard InChI is InChI=1S/C14H24N2O2/c1-11(17)5-6-14(18)16-9-7-13-12(10-16)4-3-8-15(13)2/h12-13H,3-10H2,1-2H3. The highest BCUT2D eigenvalue weighted by atomic mass is 16.2. The molecule has 2 aliphatic rings. The van der Waals surface area contributed by atoms with Crippen LogP contribution in [0.25, 0.3) is 0 Å². The van der Waals surface area contributed by atoms with Gasteiger partial charge in [-0.3, -0.25) is 4.79 Å². The van der Waals surface area contributed by atoms with Crippen molar-refractivity contribution in [3.8, 4) is 0 Å². The molecule has 2 fully saturated rings. The van der Waals surface area contributed by atoms with E-state index in [-0.39, 0.29) is 11.7 Å². The van der Waals surface area contributed by atoms with Crippen LogP contribution in [0.3, 0.4) is 0 Å². The van der Waals surface area contributed by atoms with E-state index in [1.807, 2.05) is 4.90 Å². The van der Waals surface area contributed by atoms with Gasteiger partial charge in [-0.25, -0.2) is 0 Å². The summed E-state index contributed by atoms with van der Waals surface area (Å²) < 4.78 is 0. The number of carbonyl (C=O) groups excluding carboxylic acids is 2. The third kappa shape index (κ3) is 3.10. The predicted octanol–water partition coefficient (Wildman–Crippen LogP) is 1.30. The first-order chi connectivity index (χ1) is 8.58. The first-order valence-electron chi connectivity index (χ1n) is 7.05. The zero-order valence-electron chi connectivity index (χ0n) is 11.5. The molecule has 0 aromatic rings. The van der Waals surface area contributed by atoms with Crippen LogP contribution < -0.4 is 0 Å². The molecule has 2 aliphatic heterocycles. The first-order valence-corrected chi connectivity index (χ1v) is 7.05. The van der Waals surface area contributed by atoms with E-state index in [1.54, 1.807) is 6.92 Å². The lowest BCUT2D eigenvalue weighted by atomic mass is 9.84. The molecule has 2 unspecified atom stereocenters. The zero-order valence-corrected chi connectivity index (χ0v) is 11.5. The number of amides is 1. The molecule has 2 saturated heterocycles. The van der Waals surface area contributed by atoms with E-state index in [0.717, 1.165) is 19.5 Å². The maximum Gasteiger partial charge on any atom is 0.223 e. The Kier molecular flexibility index (Phi) is 4.38. The van der Waals surface area contributed by atoms with E-state index in [4.69, 9.17) is 0 Å². The van der Waals surface area contributed by atoms with Crippen molar-refractivity contribution in [1.82, 2.24) is 9.80 Å². The molecule has 0 bridgehead atoms. The van der Waals surface area contributed by atoms with Gasteiger partial charge in [0.05, 0.1) is 0 Å². The van der Waals surface area contributed by atoms with Gasteiger partial charge in [0.1, 0.15) is 5.78 Å². The molecule has 2 atom stereocenters. The summed E-state index contributed by atoms with van der Waals surface area (Å²) in [7, 11) is 2.20. The van der Waals surface area contributed by atoms with Gasteiger partial charge < -0.3 is 14.6 Å². The molecule has 102 valence electrons. The van der Waals surface area contributed by atoms with E-state index in [9.17, 15) is 9.59 Å². The molecule has 0 aliphatic carbocycles. The van der Waals surface area contributed by atoms with Crippen LogP contribution in [-0.2, 0) is 9.59 Å². The minimum absolute atomic E-state index is 0.107. The number of hydrogen-bond acceptors (Lipinski definition) is 3. The Balaban J connectivity index is 1.86. The molecule has 0 aromatic carbocycles. The number of fused-ring (bicyclic) bond motifs is 1. The second-order valence-corrected chi connectivity index (χ2v) is 5.78. The van der Waals surface area contributed by atoms with Crippen molar-refractivity contribution in [2.75, 3.05) is 26.7 Å². The van der Waals surface area contributed by atoms with Gasteiger partial charge in [0.25, 0.3) is 0 Å². The van der Waals surface area contributed by atoms with Crippen molar-refractivity contribution in [1.29, 1.82) is 0 Å². The topological polar surface area (TPSA) is 40.6 Å². The van der Waals surface area contributed by atoms with Crippen LogP contribution in [0.1, 0.15) is 39.0 Å². The fourth-order valence-corrected chi connectivity index (χ4v) is 3.32. The lowest BCUT2D eigenvalue weighted by Gasteiger charge is -2.46. The number of carbonyl (C=O) groups is 2. The van der Waals surface area contributed by atoms with Crippen molar-refractivity contribution in [3.05, 3.63) is 0 Å². The largest absolute Gasteiger partial charge is 0.342 e. The number of ketones is 1. The summed E-state index contributed by atoms with van der Waals surface area (Å²) in [5.41, 5.74) is 0. The lowest BCUT2D eigenvalue weighted by molar-refractivity contribution is -0.136. The monoisotopic (exact) mass is 252 g/mol. The van der Waals surface area contributed by atoms with Gasteiger partial charge in [-0.05, 0) is 45.7 Å². The molecule has 0 saturated carbocycles. The predicted molar refractivity (Wildman–Crippen MR) is 70.3 cm³/mol. The second-order valence-electron chi connectivity index (χ2n) is 5.78. The van der Waals surface area contributed by atoms with E-state index in [2.05, 4.69) is 11.9 Å². The minimum Gasteiger partial charge on any atom is -0.342 e. The van der Waals surface area contributed by atoms with E-state index < -0.39 is 0 Å². The van der Waals surface area contributed by atoms with Gasteiger partial charge in [0, 0.05) is 32.0 Å². The molecular weight excluding hydrogens is 228 g/mol. The molecule has 0 aromatic heterocycles. The molecule has 4 nitrogen and oxygen atoms in total. The van der Waals surface area contributed by atoms with Crippen LogP contribution in [0.2, 0.25) is 0 Å². The van der Waals surface area contributed by atoms with E-state index in [1.165, 1.54) is 19.4 Å². The Labute approximate surface area is 109 Å². The van der Waals surface area contributed by atoms with Crippen LogP contribution in [0.4, 0.5) is 0 Å². The summed E-state index contributed by atoms with van der Waals surface area (Å²) in [4.78, 5) is 27.4. The molecule has 2 rings (SSSR count). The van der Waals surface area contributed by atoms with Crippen molar-refractivity contribution in [2.24, 2.45) is 5.92 Å². The molecule has 0 spiro atoms. The summed E-state index contributed by atoms with van der Waals surface area (Å²) >= 11 is 0. The third-order valence-corrected chi connectivity index (χ3v) is 4.39. The normalized spacial score (nSPS) is 28.9. The fourth-order valence-electron chi connectivity index (χ4n) is 3.32. The number of nitrogens with zero attached hydrogens (tertiary/aromatic N) is 2. The summed E-state index contributed by atoms with van der Waals surface area (Å²) in [6.45, 7) is 4.50. The Bertz CT molecular complexity index is 330. The summed E-state index contributed by atoms with van der Waals surface area (Å²) in [5, 5.41) is 0. The van der Waals surface area contributed by atoms with Crippen LogP contribution in [0.5, 0.6) is 0 Å². The van der Waals surface area contributed by atoms with Crippen molar-refractivity contribution < 1.29 is 9.59 Å². The summed E-state index contributed by atoms with van der Waals surface area (Å²) in [6.07, 6.45) is 4.36. The van der Waals surface area contributed by atoms with Crippen LogP contribution in [-0.4, -0.2) is 54.2 Å². The quantitative estimate of drug-likeness (QED) is 0.760. The van der Waals surface area contributed by atoms with Crippen molar-refractivity contribution >= 4 is 11.7 Å². The molecule has 4 heteroatoms. The highest BCUT2D eigenvalue weighted by Crippen LogP contribution is 2.29. The number of likely N-dealkylation sites (tertiary alicyclic amines) is 2. The zero-order chi connectivity index (χ0) is 13.1. The Morgan fingerprint density at radius 2 is 1.94 bits per heavy atom. The molecule has 18 heavy (non-hydrogen) atoms.